The van der Waals surface area contributed by atoms with Gasteiger partial charge in [-0.15, -0.1) is 0 Å². The zero-order chi connectivity index (χ0) is 10.6. The van der Waals surface area contributed by atoms with Crippen LogP contribution in [0.3, 0.4) is 0 Å². The molecule has 3 N–H and O–H groups in total. The smallest absolute Gasteiger partial charge is 0.270 e. The average molecular weight is 258 g/mol. The van der Waals surface area contributed by atoms with Gasteiger partial charge >= 0.3 is 0 Å². The van der Waals surface area contributed by atoms with Crippen LogP contribution in [0, 0.1) is 0 Å². The highest BCUT2D eigenvalue weighted by atomic mass is 79.9. The number of nitrogens with zero attached hydrogens (tertiary/aromatic N) is 1. The first-order valence-electron chi connectivity index (χ1n) is 4.26. The normalized spacial score (nSPS) is 12.2. The van der Waals surface area contributed by atoms with Crippen molar-refractivity contribution in [2.24, 2.45) is 5.73 Å². The SMILES string of the molecule is C[C@H](CN)NC(=O)c1ccc(Br)cn1. The molecule has 0 radical (unpaired) electrons. The van der Waals surface area contributed by atoms with Crippen molar-refractivity contribution >= 4 is 21.8 Å². The van der Waals surface area contributed by atoms with Gasteiger partial charge < -0.3 is 11.1 Å². The minimum atomic E-state index is -0.199. The lowest BCUT2D eigenvalue weighted by molar-refractivity contribution is 0.0936. The summed E-state index contributed by atoms with van der Waals surface area (Å²) in [5.41, 5.74) is 5.78. The van der Waals surface area contributed by atoms with Crippen LogP contribution in [0.2, 0.25) is 0 Å². The number of halogens is 1. The Morgan fingerprint density at radius 3 is 2.93 bits per heavy atom. The summed E-state index contributed by atoms with van der Waals surface area (Å²) >= 11 is 3.24. The fourth-order valence-electron chi connectivity index (χ4n) is 0.867. The van der Waals surface area contributed by atoms with Gasteiger partial charge in [0.15, 0.2) is 0 Å². The Hall–Kier alpha value is -0.940. The summed E-state index contributed by atoms with van der Waals surface area (Å²) in [6.07, 6.45) is 1.59. The molecule has 1 heterocycles. The molecule has 0 aromatic carbocycles. The molecule has 0 saturated heterocycles. The highest BCUT2D eigenvalue weighted by Gasteiger charge is 2.08. The summed E-state index contributed by atoms with van der Waals surface area (Å²) < 4.78 is 0.848. The maximum absolute atomic E-state index is 11.5. The van der Waals surface area contributed by atoms with E-state index in [2.05, 4.69) is 26.2 Å². The highest BCUT2D eigenvalue weighted by Crippen LogP contribution is 2.07. The second-order valence-corrected chi connectivity index (χ2v) is 3.89. The van der Waals surface area contributed by atoms with Crippen molar-refractivity contribution in [1.82, 2.24) is 10.3 Å². The van der Waals surface area contributed by atoms with E-state index in [1.165, 1.54) is 0 Å². The maximum atomic E-state index is 11.5. The fraction of sp³-hybridized carbons (Fsp3) is 0.333. The average Bonchev–Trinajstić information content (AvgIpc) is 2.18. The molecule has 0 aliphatic heterocycles. The van der Waals surface area contributed by atoms with Gasteiger partial charge in [0.1, 0.15) is 5.69 Å². The van der Waals surface area contributed by atoms with Gasteiger partial charge in [0.25, 0.3) is 5.91 Å². The lowest BCUT2D eigenvalue weighted by Crippen LogP contribution is -2.38. The summed E-state index contributed by atoms with van der Waals surface area (Å²) in [4.78, 5) is 15.4. The number of carbonyl (C=O) groups is 1. The van der Waals surface area contributed by atoms with E-state index in [4.69, 9.17) is 5.73 Å². The number of nitrogens with two attached hydrogens (primary N) is 1. The maximum Gasteiger partial charge on any atom is 0.270 e. The van der Waals surface area contributed by atoms with Crippen LogP contribution in [-0.4, -0.2) is 23.5 Å². The molecule has 1 amide bonds. The van der Waals surface area contributed by atoms with E-state index in [-0.39, 0.29) is 11.9 Å². The van der Waals surface area contributed by atoms with Crippen molar-refractivity contribution in [3.05, 3.63) is 28.5 Å². The van der Waals surface area contributed by atoms with Crippen molar-refractivity contribution in [3.63, 3.8) is 0 Å². The molecular weight excluding hydrogens is 246 g/mol. The lowest BCUT2D eigenvalue weighted by atomic mass is 10.3. The van der Waals surface area contributed by atoms with Crippen molar-refractivity contribution in [2.45, 2.75) is 13.0 Å². The highest BCUT2D eigenvalue weighted by molar-refractivity contribution is 9.10. The summed E-state index contributed by atoms with van der Waals surface area (Å²) in [6, 6.07) is 3.39. The quantitative estimate of drug-likeness (QED) is 0.847. The Morgan fingerprint density at radius 1 is 1.71 bits per heavy atom. The summed E-state index contributed by atoms with van der Waals surface area (Å²) in [5.74, 6) is -0.199. The molecule has 0 aliphatic rings. The van der Waals surface area contributed by atoms with Crippen molar-refractivity contribution in [2.75, 3.05) is 6.54 Å². The van der Waals surface area contributed by atoms with Crippen LogP contribution in [0.1, 0.15) is 17.4 Å². The van der Waals surface area contributed by atoms with E-state index in [0.717, 1.165) is 4.47 Å². The predicted octanol–water partition coefficient (Wildman–Crippen LogP) is 0.921. The minimum absolute atomic E-state index is 0.0343. The Kier molecular flexibility index (Phi) is 4.03. The monoisotopic (exact) mass is 257 g/mol. The number of rotatable bonds is 3. The van der Waals surface area contributed by atoms with E-state index in [0.29, 0.717) is 12.2 Å². The molecule has 0 bridgehead atoms. The Bertz CT molecular complexity index is 312. The standard InChI is InChI=1S/C9H12BrN3O/c1-6(4-11)13-9(14)8-3-2-7(10)5-12-8/h2-3,5-6H,4,11H2,1H3,(H,13,14)/t6-/m1/s1. The number of carbonyl (C=O) groups excluding carboxylic acids is 1. The first kappa shape index (κ1) is 11.1. The van der Waals surface area contributed by atoms with Gasteiger partial charge in [-0.25, -0.2) is 4.98 Å². The first-order valence-corrected chi connectivity index (χ1v) is 5.05. The number of hydrogen-bond acceptors (Lipinski definition) is 3. The zero-order valence-electron chi connectivity index (χ0n) is 7.83. The predicted molar refractivity (Wildman–Crippen MR) is 57.9 cm³/mol. The van der Waals surface area contributed by atoms with Crippen LogP contribution >= 0.6 is 15.9 Å². The number of amides is 1. The van der Waals surface area contributed by atoms with Crippen LogP contribution in [0.4, 0.5) is 0 Å². The van der Waals surface area contributed by atoms with Crippen molar-refractivity contribution in [3.8, 4) is 0 Å². The van der Waals surface area contributed by atoms with Gasteiger partial charge in [-0.1, -0.05) is 0 Å². The Morgan fingerprint density at radius 2 is 2.43 bits per heavy atom. The molecule has 4 nitrogen and oxygen atoms in total. The van der Waals surface area contributed by atoms with Gasteiger partial charge in [-0.3, -0.25) is 4.79 Å². The number of aromatic nitrogens is 1. The third-order valence-corrected chi connectivity index (χ3v) is 2.16. The van der Waals surface area contributed by atoms with Gasteiger partial charge in [0.2, 0.25) is 0 Å². The molecule has 0 spiro atoms. The fourth-order valence-corrected chi connectivity index (χ4v) is 1.10. The molecule has 0 saturated carbocycles. The number of pyridine rings is 1. The lowest BCUT2D eigenvalue weighted by Gasteiger charge is -2.10. The molecule has 0 aliphatic carbocycles. The molecule has 1 aromatic heterocycles. The van der Waals surface area contributed by atoms with Crippen LogP contribution in [-0.2, 0) is 0 Å². The summed E-state index contributed by atoms with van der Waals surface area (Å²) in [7, 11) is 0. The van der Waals surface area contributed by atoms with Gasteiger partial charge in [0, 0.05) is 23.3 Å². The first-order chi connectivity index (χ1) is 6.63. The van der Waals surface area contributed by atoms with Crippen molar-refractivity contribution < 1.29 is 4.79 Å². The van der Waals surface area contributed by atoms with E-state index >= 15 is 0 Å². The van der Waals surface area contributed by atoms with E-state index in [1.54, 1.807) is 18.3 Å². The van der Waals surface area contributed by atoms with Crippen LogP contribution in [0.15, 0.2) is 22.8 Å². The molecule has 1 aromatic rings. The van der Waals surface area contributed by atoms with Gasteiger partial charge in [0.05, 0.1) is 0 Å². The zero-order valence-corrected chi connectivity index (χ0v) is 9.41. The molecule has 14 heavy (non-hydrogen) atoms. The van der Waals surface area contributed by atoms with Crippen LogP contribution in [0.5, 0.6) is 0 Å². The van der Waals surface area contributed by atoms with E-state index < -0.39 is 0 Å². The molecule has 76 valence electrons. The topological polar surface area (TPSA) is 68.0 Å². The molecule has 1 rings (SSSR count). The Labute approximate surface area is 91.0 Å². The number of hydrogen-bond donors (Lipinski definition) is 2. The molecule has 0 fully saturated rings. The molecule has 5 heteroatoms. The summed E-state index contributed by atoms with van der Waals surface area (Å²) in [6.45, 7) is 2.26. The largest absolute Gasteiger partial charge is 0.347 e. The van der Waals surface area contributed by atoms with Gasteiger partial charge in [-0.05, 0) is 35.0 Å². The Balaban J connectivity index is 2.65. The second-order valence-electron chi connectivity index (χ2n) is 2.97. The number of nitrogens with one attached hydrogen (secondary N) is 1. The van der Waals surface area contributed by atoms with E-state index in [9.17, 15) is 4.79 Å². The minimum Gasteiger partial charge on any atom is -0.347 e. The van der Waals surface area contributed by atoms with Crippen LogP contribution in [0.25, 0.3) is 0 Å². The second kappa shape index (κ2) is 5.07. The third kappa shape index (κ3) is 3.08. The van der Waals surface area contributed by atoms with Crippen LogP contribution < -0.4 is 11.1 Å². The molecule has 0 unspecified atom stereocenters. The van der Waals surface area contributed by atoms with Crippen molar-refractivity contribution in [1.29, 1.82) is 0 Å². The van der Waals surface area contributed by atoms with Gasteiger partial charge in [-0.2, -0.15) is 0 Å². The summed E-state index contributed by atoms with van der Waals surface area (Å²) in [5, 5.41) is 2.72. The molecular formula is C9H12BrN3O. The van der Waals surface area contributed by atoms with E-state index in [1.807, 2.05) is 6.92 Å². The molecule has 1 atom stereocenters. The third-order valence-electron chi connectivity index (χ3n) is 1.69.